The number of amides is 2. The second kappa shape index (κ2) is 7.41. The molecule has 4 rings (SSSR count). The molecule has 28 heavy (non-hydrogen) atoms. The summed E-state index contributed by atoms with van der Waals surface area (Å²) in [4.78, 5) is 37.4. The van der Waals surface area contributed by atoms with E-state index in [4.69, 9.17) is 0 Å². The molecule has 4 heterocycles. The van der Waals surface area contributed by atoms with Gasteiger partial charge in [0.05, 0.1) is 30.0 Å². The Labute approximate surface area is 164 Å². The van der Waals surface area contributed by atoms with E-state index in [1.807, 2.05) is 35.9 Å². The number of piperidine rings is 1. The fourth-order valence-corrected chi connectivity index (χ4v) is 4.71. The van der Waals surface area contributed by atoms with Gasteiger partial charge in [0.25, 0.3) is 0 Å². The van der Waals surface area contributed by atoms with Crippen LogP contribution in [0.5, 0.6) is 0 Å². The highest BCUT2D eigenvalue weighted by Gasteiger charge is 2.48. The third-order valence-electron chi connectivity index (χ3n) is 6.21. The van der Waals surface area contributed by atoms with E-state index in [-0.39, 0.29) is 23.3 Å². The molecule has 1 atom stereocenters. The third kappa shape index (κ3) is 3.10. The van der Waals surface area contributed by atoms with Crippen molar-refractivity contribution < 1.29 is 9.59 Å². The summed E-state index contributed by atoms with van der Waals surface area (Å²) >= 11 is 0. The Morgan fingerprint density at radius 3 is 2.75 bits per heavy atom. The third-order valence-corrected chi connectivity index (χ3v) is 6.21. The molecule has 0 saturated carbocycles. The summed E-state index contributed by atoms with van der Waals surface area (Å²) in [6.07, 6.45) is 8.11. The van der Waals surface area contributed by atoms with Crippen LogP contribution in [-0.4, -0.2) is 61.0 Å². The first-order chi connectivity index (χ1) is 13.5. The maximum Gasteiger partial charge on any atom is 0.227 e. The van der Waals surface area contributed by atoms with E-state index >= 15 is 0 Å². The fourth-order valence-electron chi connectivity index (χ4n) is 4.71. The van der Waals surface area contributed by atoms with Gasteiger partial charge in [-0.05, 0) is 18.9 Å². The van der Waals surface area contributed by atoms with Gasteiger partial charge in [-0.3, -0.25) is 14.3 Å². The monoisotopic (exact) mass is 384 g/mol. The van der Waals surface area contributed by atoms with Crippen LogP contribution in [0.3, 0.4) is 0 Å². The zero-order valence-electron chi connectivity index (χ0n) is 16.6. The molecule has 2 amide bonds. The van der Waals surface area contributed by atoms with Gasteiger partial charge in [-0.1, -0.05) is 13.8 Å². The Balaban J connectivity index is 1.50. The standard InChI is InChI=1S/C20H28N6O2/c1-3-17(27)26-10-5-16-18(22-14-21-16)20(26)6-11-24(12-7-20)19(28)15(2)13-25-9-4-8-23-25/h4,8-9,14-15H,3,5-7,10-13H2,1-2H3,(H,21,22). The number of nitrogens with zero attached hydrogens (tertiary/aromatic N) is 5. The van der Waals surface area contributed by atoms with Crippen molar-refractivity contribution in [1.82, 2.24) is 29.5 Å². The molecule has 0 aromatic carbocycles. The van der Waals surface area contributed by atoms with Gasteiger partial charge < -0.3 is 14.8 Å². The number of hydrogen-bond acceptors (Lipinski definition) is 4. The summed E-state index contributed by atoms with van der Waals surface area (Å²) in [5.74, 6) is 0.187. The Hall–Kier alpha value is -2.64. The van der Waals surface area contributed by atoms with Crippen LogP contribution >= 0.6 is 0 Å². The van der Waals surface area contributed by atoms with Crippen molar-refractivity contribution in [3.05, 3.63) is 36.2 Å². The Kier molecular flexibility index (Phi) is 4.95. The fraction of sp³-hybridized carbons (Fsp3) is 0.600. The molecule has 0 bridgehead atoms. The lowest BCUT2D eigenvalue weighted by Crippen LogP contribution is -2.59. The SMILES string of the molecule is CCC(=O)N1CCc2[nH]cnc2C12CCN(C(=O)C(C)Cn1cccn1)CC2. The maximum absolute atomic E-state index is 12.9. The molecule has 1 spiro atoms. The van der Waals surface area contributed by atoms with Crippen LogP contribution < -0.4 is 0 Å². The molecule has 1 unspecified atom stereocenters. The number of aromatic amines is 1. The van der Waals surface area contributed by atoms with Gasteiger partial charge in [-0.25, -0.2) is 4.98 Å². The molecular formula is C20H28N6O2. The van der Waals surface area contributed by atoms with Crippen molar-refractivity contribution in [3.63, 3.8) is 0 Å². The van der Waals surface area contributed by atoms with Crippen molar-refractivity contribution in [2.45, 2.75) is 51.6 Å². The summed E-state index contributed by atoms with van der Waals surface area (Å²) in [6.45, 7) is 6.44. The van der Waals surface area contributed by atoms with E-state index in [1.165, 1.54) is 0 Å². The van der Waals surface area contributed by atoms with Gasteiger partial charge in [0.15, 0.2) is 0 Å². The van der Waals surface area contributed by atoms with E-state index in [9.17, 15) is 9.59 Å². The average molecular weight is 384 g/mol. The van der Waals surface area contributed by atoms with Crippen molar-refractivity contribution in [1.29, 1.82) is 0 Å². The number of hydrogen-bond donors (Lipinski definition) is 1. The predicted octanol–water partition coefficient (Wildman–Crippen LogP) is 1.55. The minimum absolute atomic E-state index is 0.130. The molecular weight excluding hydrogens is 356 g/mol. The second-order valence-corrected chi connectivity index (χ2v) is 7.86. The molecule has 2 aromatic rings. The zero-order chi connectivity index (χ0) is 19.7. The summed E-state index contributed by atoms with van der Waals surface area (Å²) in [5, 5.41) is 4.20. The van der Waals surface area contributed by atoms with E-state index < -0.39 is 0 Å². The van der Waals surface area contributed by atoms with Crippen LogP contribution in [0.25, 0.3) is 0 Å². The smallest absolute Gasteiger partial charge is 0.227 e. The number of H-pyrrole nitrogens is 1. The lowest BCUT2D eigenvalue weighted by Gasteiger charge is -2.50. The summed E-state index contributed by atoms with van der Waals surface area (Å²) in [6, 6.07) is 1.87. The molecule has 2 aromatic heterocycles. The first kappa shape index (κ1) is 18.7. The molecule has 8 heteroatoms. The van der Waals surface area contributed by atoms with E-state index in [0.717, 1.165) is 30.7 Å². The summed E-state index contributed by atoms with van der Waals surface area (Å²) < 4.78 is 1.80. The molecule has 1 fully saturated rings. The van der Waals surface area contributed by atoms with Gasteiger partial charge in [0, 0.05) is 50.6 Å². The molecule has 1 saturated heterocycles. The zero-order valence-corrected chi connectivity index (χ0v) is 16.6. The van der Waals surface area contributed by atoms with Gasteiger partial charge in [-0.2, -0.15) is 5.10 Å². The minimum Gasteiger partial charge on any atom is -0.348 e. The van der Waals surface area contributed by atoms with Crippen LogP contribution in [0.4, 0.5) is 0 Å². The van der Waals surface area contributed by atoms with Crippen LogP contribution in [0.1, 0.15) is 44.5 Å². The maximum atomic E-state index is 12.9. The van der Waals surface area contributed by atoms with E-state index in [2.05, 4.69) is 15.1 Å². The second-order valence-electron chi connectivity index (χ2n) is 7.86. The molecule has 0 aliphatic carbocycles. The number of rotatable bonds is 4. The van der Waals surface area contributed by atoms with Crippen molar-refractivity contribution >= 4 is 11.8 Å². The number of carbonyl (C=O) groups excluding carboxylic acids is 2. The van der Waals surface area contributed by atoms with Gasteiger partial charge in [0.1, 0.15) is 0 Å². The van der Waals surface area contributed by atoms with Gasteiger partial charge in [0.2, 0.25) is 11.8 Å². The Morgan fingerprint density at radius 2 is 2.07 bits per heavy atom. The van der Waals surface area contributed by atoms with Crippen LogP contribution in [0.15, 0.2) is 24.8 Å². The lowest BCUT2D eigenvalue weighted by atomic mass is 9.78. The quantitative estimate of drug-likeness (QED) is 0.867. The molecule has 2 aliphatic heterocycles. The number of imidazole rings is 1. The highest BCUT2D eigenvalue weighted by Crippen LogP contribution is 2.42. The molecule has 1 N–H and O–H groups in total. The van der Waals surface area contributed by atoms with Crippen LogP contribution in [0, 0.1) is 5.92 Å². The molecule has 8 nitrogen and oxygen atoms in total. The van der Waals surface area contributed by atoms with Gasteiger partial charge >= 0.3 is 0 Å². The van der Waals surface area contributed by atoms with Crippen molar-refractivity contribution in [2.24, 2.45) is 5.92 Å². The topological polar surface area (TPSA) is 87.1 Å². The molecule has 150 valence electrons. The summed E-state index contributed by atoms with van der Waals surface area (Å²) in [5.41, 5.74) is 1.74. The Bertz CT molecular complexity index is 835. The number of fused-ring (bicyclic) bond motifs is 2. The highest BCUT2D eigenvalue weighted by molar-refractivity contribution is 5.79. The Morgan fingerprint density at radius 1 is 1.29 bits per heavy atom. The molecule has 2 aliphatic rings. The number of likely N-dealkylation sites (tertiary alicyclic amines) is 1. The first-order valence-electron chi connectivity index (χ1n) is 10.1. The van der Waals surface area contributed by atoms with E-state index in [1.54, 1.807) is 17.2 Å². The number of aromatic nitrogens is 4. The van der Waals surface area contributed by atoms with Crippen molar-refractivity contribution in [3.8, 4) is 0 Å². The lowest BCUT2D eigenvalue weighted by molar-refractivity contribution is -0.145. The predicted molar refractivity (Wildman–Crippen MR) is 103 cm³/mol. The normalized spacial score (nSPS) is 19.5. The van der Waals surface area contributed by atoms with Crippen LogP contribution in [0.2, 0.25) is 0 Å². The molecule has 0 radical (unpaired) electrons. The summed E-state index contributed by atoms with van der Waals surface area (Å²) in [7, 11) is 0. The van der Waals surface area contributed by atoms with E-state index in [0.29, 0.717) is 32.6 Å². The highest BCUT2D eigenvalue weighted by atomic mass is 16.2. The van der Waals surface area contributed by atoms with Crippen LogP contribution in [-0.2, 0) is 28.1 Å². The minimum atomic E-state index is -0.386. The largest absolute Gasteiger partial charge is 0.348 e. The number of nitrogens with one attached hydrogen (secondary N) is 1. The average Bonchev–Trinajstić information content (AvgIpc) is 3.40. The van der Waals surface area contributed by atoms with Gasteiger partial charge in [-0.15, -0.1) is 0 Å². The number of carbonyl (C=O) groups is 2. The van der Waals surface area contributed by atoms with Crippen molar-refractivity contribution in [2.75, 3.05) is 19.6 Å². The first-order valence-corrected chi connectivity index (χ1v) is 10.1.